The molecule has 0 saturated carbocycles. The summed E-state index contributed by atoms with van der Waals surface area (Å²) in [7, 11) is 0. The first-order chi connectivity index (χ1) is 15.0. The minimum atomic E-state index is -0.589. The Bertz CT molecular complexity index is 858. The van der Waals surface area contributed by atoms with Gasteiger partial charge in [0.1, 0.15) is 5.82 Å². The van der Waals surface area contributed by atoms with Crippen molar-refractivity contribution in [2.75, 3.05) is 49.9 Å². The lowest BCUT2D eigenvalue weighted by Gasteiger charge is -2.31. The first kappa shape index (κ1) is 23.5. The molecule has 1 aromatic rings. The van der Waals surface area contributed by atoms with Crippen LogP contribution in [0.15, 0.2) is 9.59 Å². The molecule has 9 nitrogen and oxygen atoms in total. The third-order valence-corrected chi connectivity index (χ3v) is 6.47. The fraction of sp³-hybridized carbons (Fsp3) is 0.773. The first-order valence-corrected chi connectivity index (χ1v) is 11.9. The SMILES string of the molecule is CCCCN(C(=O)CN1CCCC1CN1CCCC1)c1c(N)n(CCC)c(=O)[nH]c1=O. The molecule has 0 bridgehead atoms. The maximum atomic E-state index is 13.4. The quantitative estimate of drug-likeness (QED) is 0.573. The van der Waals surface area contributed by atoms with E-state index in [1.165, 1.54) is 22.3 Å². The van der Waals surface area contributed by atoms with Crippen molar-refractivity contribution >= 4 is 17.4 Å². The summed E-state index contributed by atoms with van der Waals surface area (Å²) in [5, 5.41) is 0. The standard InChI is InChI=1S/C22H38N6O3/c1-3-5-14-27(19-20(23)28(10-4-2)22(31)24-21(19)30)18(29)16-26-13-8-9-17(26)15-25-11-6-7-12-25/h17H,3-16,23H2,1-2H3,(H,24,30,31). The van der Waals surface area contributed by atoms with Gasteiger partial charge in [0.25, 0.3) is 5.56 Å². The van der Waals surface area contributed by atoms with Gasteiger partial charge in [-0.05, 0) is 58.2 Å². The molecule has 0 radical (unpaired) electrons. The number of rotatable bonds is 10. The number of nitrogens with two attached hydrogens (primary N) is 1. The second-order valence-electron chi connectivity index (χ2n) is 8.82. The molecular formula is C22H38N6O3. The molecule has 2 fully saturated rings. The van der Waals surface area contributed by atoms with Gasteiger partial charge in [-0.1, -0.05) is 20.3 Å². The summed E-state index contributed by atoms with van der Waals surface area (Å²) in [6.07, 6.45) is 7.04. The maximum absolute atomic E-state index is 13.4. The van der Waals surface area contributed by atoms with Crippen molar-refractivity contribution < 1.29 is 4.79 Å². The number of H-pyrrole nitrogens is 1. The fourth-order valence-corrected chi connectivity index (χ4v) is 4.79. The van der Waals surface area contributed by atoms with Crippen molar-refractivity contribution in [3.8, 4) is 0 Å². The van der Waals surface area contributed by atoms with Gasteiger partial charge >= 0.3 is 5.69 Å². The highest BCUT2D eigenvalue weighted by Gasteiger charge is 2.31. The molecule has 1 aromatic heterocycles. The van der Waals surface area contributed by atoms with Gasteiger partial charge in [0, 0.05) is 25.7 Å². The van der Waals surface area contributed by atoms with Crippen LogP contribution in [-0.4, -0.2) is 70.6 Å². The molecule has 0 aromatic carbocycles. The van der Waals surface area contributed by atoms with E-state index in [2.05, 4.69) is 14.8 Å². The van der Waals surface area contributed by atoms with Gasteiger partial charge < -0.3 is 15.5 Å². The van der Waals surface area contributed by atoms with Gasteiger partial charge in [0.15, 0.2) is 5.69 Å². The lowest BCUT2D eigenvalue weighted by molar-refractivity contribution is -0.120. The molecule has 31 heavy (non-hydrogen) atoms. The van der Waals surface area contributed by atoms with Gasteiger partial charge in [-0.3, -0.25) is 24.0 Å². The summed E-state index contributed by atoms with van der Waals surface area (Å²) >= 11 is 0. The number of nitrogen functional groups attached to an aromatic ring is 1. The number of unbranched alkanes of at least 4 members (excludes halogenated alkanes) is 1. The Kier molecular flexibility index (Phi) is 8.31. The molecule has 1 amide bonds. The Balaban J connectivity index is 1.82. The topological polar surface area (TPSA) is 108 Å². The largest absolute Gasteiger partial charge is 0.383 e. The van der Waals surface area contributed by atoms with Crippen LogP contribution in [0.1, 0.15) is 58.8 Å². The van der Waals surface area contributed by atoms with Crippen LogP contribution in [0.5, 0.6) is 0 Å². The number of aromatic nitrogens is 2. The summed E-state index contributed by atoms with van der Waals surface area (Å²) in [6, 6.07) is 0.375. The second-order valence-corrected chi connectivity index (χ2v) is 8.82. The number of nitrogens with one attached hydrogen (secondary N) is 1. The molecule has 174 valence electrons. The van der Waals surface area contributed by atoms with Crippen LogP contribution in [-0.2, 0) is 11.3 Å². The second kappa shape index (κ2) is 10.9. The number of carbonyl (C=O) groups is 1. The number of amides is 1. The van der Waals surface area contributed by atoms with Crippen molar-refractivity contribution in [2.24, 2.45) is 0 Å². The number of aromatic amines is 1. The third kappa shape index (κ3) is 5.57. The maximum Gasteiger partial charge on any atom is 0.330 e. The van der Waals surface area contributed by atoms with E-state index in [1.807, 2.05) is 13.8 Å². The Hall–Kier alpha value is -2.13. The molecule has 1 unspecified atom stereocenters. The normalized spacial score (nSPS) is 19.9. The minimum absolute atomic E-state index is 0.0788. The zero-order valence-electron chi connectivity index (χ0n) is 19.1. The molecule has 3 N–H and O–H groups in total. The van der Waals surface area contributed by atoms with Gasteiger partial charge in [-0.2, -0.15) is 0 Å². The van der Waals surface area contributed by atoms with Crippen molar-refractivity contribution in [1.82, 2.24) is 19.4 Å². The molecule has 9 heteroatoms. The van der Waals surface area contributed by atoms with E-state index in [1.54, 1.807) is 0 Å². The minimum Gasteiger partial charge on any atom is -0.383 e. The Morgan fingerprint density at radius 1 is 1.13 bits per heavy atom. The molecule has 0 spiro atoms. The third-order valence-electron chi connectivity index (χ3n) is 6.47. The summed E-state index contributed by atoms with van der Waals surface area (Å²) in [5.74, 6) is -0.0456. The first-order valence-electron chi connectivity index (χ1n) is 11.9. The van der Waals surface area contributed by atoms with Gasteiger partial charge in [-0.15, -0.1) is 0 Å². The fourth-order valence-electron chi connectivity index (χ4n) is 4.79. The monoisotopic (exact) mass is 434 g/mol. The molecule has 2 aliphatic rings. The Morgan fingerprint density at radius 2 is 1.87 bits per heavy atom. The van der Waals surface area contributed by atoms with E-state index in [4.69, 9.17) is 5.73 Å². The highest BCUT2D eigenvalue weighted by atomic mass is 16.2. The van der Waals surface area contributed by atoms with E-state index in [9.17, 15) is 14.4 Å². The predicted molar refractivity (Wildman–Crippen MR) is 124 cm³/mol. The lowest BCUT2D eigenvalue weighted by Crippen LogP contribution is -2.48. The van der Waals surface area contributed by atoms with Crippen molar-refractivity contribution in [1.29, 1.82) is 0 Å². The average Bonchev–Trinajstić information content (AvgIpc) is 3.40. The van der Waals surface area contributed by atoms with Crippen molar-refractivity contribution in [2.45, 2.75) is 71.4 Å². The smallest absolute Gasteiger partial charge is 0.330 e. The highest BCUT2D eigenvalue weighted by molar-refractivity contribution is 5.96. The highest BCUT2D eigenvalue weighted by Crippen LogP contribution is 2.22. The summed E-state index contributed by atoms with van der Waals surface area (Å²) in [5.41, 5.74) is 5.25. The Morgan fingerprint density at radius 3 is 2.55 bits per heavy atom. The summed E-state index contributed by atoms with van der Waals surface area (Å²) in [4.78, 5) is 46.9. The van der Waals surface area contributed by atoms with Crippen LogP contribution in [0.25, 0.3) is 0 Å². The summed E-state index contributed by atoms with van der Waals surface area (Å²) in [6.45, 7) is 9.25. The van der Waals surface area contributed by atoms with Crippen molar-refractivity contribution in [3.63, 3.8) is 0 Å². The predicted octanol–water partition coefficient (Wildman–Crippen LogP) is 1.22. The number of likely N-dealkylation sites (tertiary alicyclic amines) is 2. The average molecular weight is 435 g/mol. The zero-order valence-corrected chi connectivity index (χ0v) is 19.1. The van der Waals surface area contributed by atoms with Gasteiger partial charge in [-0.25, -0.2) is 4.79 Å². The molecular weight excluding hydrogens is 396 g/mol. The molecule has 3 rings (SSSR count). The van der Waals surface area contributed by atoms with E-state index in [-0.39, 0.29) is 24.0 Å². The Labute approximate surface area is 184 Å². The zero-order chi connectivity index (χ0) is 22.4. The van der Waals surface area contributed by atoms with Crippen LogP contribution < -0.4 is 21.9 Å². The molecule has 2 saturated heterocycles. The van der Waals surface area contributed by atoms with E-state index in [0.717, 1.165) is 51.9 Å². The van der Waals surface area contributed by atoms with Crippen LogP contribution in [0.2, 0.25) is 0 Å². The van der Waals surface area contributed by atoms with Gasteiger partial charge in [0.2, 0.25) is 5.91 Å². The van der Waals surface area contributed by atoms with Crippen LogP contribution in [0.3, 0.4) is 0 Å². The van der Waals surface area contributed by atoms with Crippen LogP contribution >= 0.6 is 0 Å². The molecule has 1 atom stereocenters. The number of anilines is 2. The van der Waals surface area contributed by atoms with E-state index < -0.39 is 11.2 Å². The number of hydrogen-bond donors (Lipinski definition) is 2. The van der Waals surface area contributed by atoms with E-state index >= 15 is 0 Å². The number of nitrogens with zero attached hydrogens (tertiary/aromatic N) is 4. The van der Waals surface area contributed by atoms with Crippen molar-refractivity contribution in [3.05, 3.63) is 20.8 Å². The molecule has 3 heterocycles. The number of hydrogen-bond acceptors (Lipinski definition) is 6. The summed E-state index contributed by atoms with van der Waals surface area (Å²) < 4.78 is 1.36. The van der Waals surface area contributed by atoms with Gasteiger partial charge in [0.05, 0.1) is 6.54 Å². The molecule has 0 aliphatic carbocycles. The van der Waals surface area contributed by atoms with E-state index in [0.29, 0.717) is 25.6 Å². The molecule has 2 aliphatic heterocycles. The lowest BCUT2D eigenvalue weighted by atomic mass is 10.2. The van der Waals surface area contributed by atoms with Crippen LogP contribution in [0.4, 0.5) is 11.5 Å². The number of carbonyl (C=O) groups excluding carboxylic acids is 1. The van der Waals surface area contributed by atoms with Crippen LogP contribution in [0, 0.1) is 0 Å².